The van der Waals surface area contributed by atoms with E-state index in [1.54, 1.807) is 0 Å². The maximum Gasteiger partial charge on any atom is 0.223 e. The van der Waals surface area contributed by atoms with Crippen molar-refractivity contribution < 1.29 is 4.79 Å². The number of hydrogen-bond acceptors (Lipinski definition) is 1. The monoisotopic (exact) mass is 456 g/mol. The van der Waals surface area contributed by atoms with Crippen molar-refractivity contribution in [3.8, 4) is 0 Å². The van der Waals surface area contributed by atoms with Gasteiger partial charge in [-0.05, 0) is 60.1 Å². The summed E-state index contributed by atoms with van der Waals surface area (Å²) in [6.45, 7) is 1.69. The number of aromatic amines is 1. The molecule has 5 rings (SSSR count). The number of rotatable bonds is 6. The van der Waals surface area contributed by atoms with Crippen LogP contribution >= 0.6 is 11.6 Å². The quantitative estimate of drug-likeness (QED) is 0.339. The molecule has 0 aliphatic carbocycles. The number of piperidine rings is 1. The first-order valence-electron chi connectivity index (χ1n) is 11.8. The van der Waals surface area contributed by atoms with Crippen molar-refractivity contribution in [1.82, 2.24) is 9.88 Å². The first-order chi connectivity index (χ1) is 16.2. The fourth-order valence-electron chi connectivity index (χ4n) is 5.12. The number of benzene rings is 3. The molecule has 4 aromatic rings. The van der Waals surface area contributed by atoms with Crippen molar-refractivity contribution in [3.63, 3.8) is 0 Å². The summed E-state index contributed by atoms with van der Waals surface area (Å²) in [7, 11) is 0. The number of carbonyl (C=O) groups excluding carboxylic acids is 1. The molecule has 1 amide bonds. The van der Waals surface area contributed by atoms with Crippen molar-refractivity contribution in [3.05, 3.63) is 107 Å². The molecule has 0 radical (unpaired) electrons. The molecule has 1 aromatic heterocycles. The van der Waals surface area contributed by atoms with Gasteiger partial charge >= 0.3 is 0 Å². The summed E-state index contributed by atoms with van der Waals surface area (Å²) in [4.78, 5) is 18.9. The third-order valence-corrected chi connectivity index (χ3v) is 7.23. The highest BCUT2D eigenvalue weighted by Crippen LogP contribution is 2.35. The Morgan fingerprint density at radius 1 is 0.939 bits per heavy atom. The van der Waals surface area contributed by atoms with Gasteiger partial charge in [-0.15, -0.1) is 0 Å². The number of aromatic nitrogens is 1. The summed E-state index contributed by atoms with van der Waals surface area (Å²) < 4.78 is 0. The number of halogens is 1. The Hall–Kier alpha value is -3.04. The van der Waals surface area contributed by atoms with Crippen LogP contribution in [0.3, 0.4) is 0 Å². The molecule has 4 heteroatoms. The van der Waals surface area contributed by atoms with Crippen LogP contribution in [0, 0.1) is 5.92 Å². The maximum absolute atomic E-state index is 13.4. The van der Waals surface area contributed by atoms with E-state index >= 15 is 0 Å². The molecule has 3 aromatic carbocycles. The normalized spacial score (nSPS) is 15.6. The van der Waals surface area contributed by atoms with E-state index in [4.69, 9.17) is 11.6 Å². The third-order valence-electron chi connectivity index (χ3n) is 6.98. The molecule has 168 valence electrons. The molecule has 0 spiro atoms. The molecule has 1 atom stereocenters. The summed E-state index contributed by atoms with van der Waals surface area (Å²) in [5.41, 5.74) is 4.78. The second-order valence-electron chi connectivity index (χ2n) is 9.11. The zero-order valence-electron chi connectivity index (χ0n) is 18.7. The van der Waals surface area contributed by atoms with Gasteiger partial charge in [-0.25, -0.2) is 0 Å². The Labute approximate surface area is 200 Å². The predicted molar refractivity (Wildman–Crippen MR) is 136 cm³/mol. The molecule has 3 nitrogen and oxygen atoms in total. The second kappa shape index (κ2) is 9.84. The Balaban J connectivity index is 1.31. The van der Waals surface area contributed by atoms with Crippen molar-refractivity contribution in [2.75, 3.05) is 13.1 Å². The van der Waals surface area contributed by atoms with Crippen LogP contribution in [-0.4, -0.2) is 28.9 Å². The van der Waals surface area contributed by atoms with Gasteiger partial charge in [-0.2, -0.15) is 0 Å². The van der Waals surface area contributed by atoms with Crippen molar-refractivity contribution in [1.29, 1.82) is 0 Å². The van der Waals surface area contributed by atoms with Crippen LogP contribution in [0.1, 0.15) is 41.9 Å². The number of carbonyl (C=O) groups is 1. The van der Waals surface area contributed by atoms with Gasteiger partial charge in [0.25, 0.3) is 0 Å². The molecule has 2 heterocycles. The van der Waals surface area contributed by atoms with E-state index < -0.39 is 0 Å². The molecule has 0 bridgehead atoms. The highest BCUT2D eigenvalue weighted by molar-refractivity contribution is 6.30. The lowest BCUT2D eigenvalue weighted by atomic mass is 9.86. The SMILES string of the molecule is O=C(C[C@H](c1ccc(Cl)cc1)c1c[nH]c2ccccc12)N1CCC(Cc2ccccc2)CC1. The van der Waals surface area contributed by atoms with Crippen molar-refractivity contribution in [2.24, 2.45) is 5.92 Å². The number of hydrogen-bond donors (Lipinski definition) is 1. The Morgan fingerprint density at radius 2 is 1.64 bits per heavy atom. The fourth-order valence-corrected chi connectivity index (χ4v) is 5.25. The van der Waals surface area contributed by atoms with Crippen LogP contribution in [0.4, 0.5) is 0 Å². The zero-order chi connectivity index (χ0) is 22.6. The molecular weight excluding hydrogens is 428 g/mol. The molecule has 1 saturated heterocycles. The largest absolute Gasteiger partial charge is 0.361 e. The van der Waals surface area contributed by atoms with Gasteiger partial charge < -0.3 is 9.88 Å². The molecule has 1 N–H and O–H groups in total. The number of nitrogens with one attached hydrogen (secondary N) is 1. The van der Waals surface area contributed by atoms with E-state index in [0.717, 1.165) is 43.4 Å². The molecule has 1 aliphatic rings. The molecule has 1 aliphatic heterocycles. The first-order valence-corrected chi connectivity index (χ1v) is 12.2. The number of fused-ring (bicyclic) bond motifs is 1. The minimum absolute atomic E-state index is 0.00652. The van der Waals surface area contributed by atoms with Crippen LogP contribution in [0.25, 0.3) is 10.9 Å². The number of amides is 1. The second-order valence-corrected chi connectivity index (χ2v) is 9.55. The van der Waals surface area contributed by atoms with E-state index in [-0.39, 0.29) is 11.8 Å². The highest BCUT2D eigenvalue weighted by atomic mass is 35.5. The average Bonchev–Trinajstić information content (AvgIpc) is 3.28. The summed E-state index contributed by atoms with van der Waals surface area (Å²) in [6, 6.07) is 26.9. The van der Waals surface area contributed by atoms with Crippen molar-refractivity contribution >= 4 is 28.4 Å². The van der Waals surface area contributed by atoms with E-state index in [9.17, 15) is 4.79 Å². The lowest BCUT2D eigenvalue weighted by molar-refractivity contribution is -0.132. The zero-order valence-corrected chi connectivity index (χ0v) is 19.5. The maximum atomic E-state index is 13.4. The predicted octanol–water partition coefficient (Wildman–Crippen LogP) is 6.82. The number of para-hydroxylation sites is 1. The first kappa shape index (κ1) is 21.8. The van der Waals surface area contributed by atoms with Gasteiger partial charge in [0.2, 0.25) is 5.91 Å². The molecule has 33 heavy (non-hydrogen) atoms. The number of nitrogens with zero attached hydrogens (tertiary/aromatic N) is 1. The lowest BCUT2D eigenvalue weighted by Crippen LogP contribution is -2.39. The summed E-state index contributed by atoms with van der Waals surface area (Å²) in [6.07, 6.45) is 5.76. The molecular formula is C29H29ClN2O. The topological polar surface area (TPSA) is 36.1 Å². The van der Waals surface area contributed by atoms with E-state index in [1.165, 1.54) is 16.5 Å². The van der Waals surface area contributed by atoms with E-state index in [0.29, 0.717) is 17.4 Å². The smallest absolute Gasteiger partial charge is 0.223 e. The van der Waals surface area contributed by atoms with Crippen molar-refractivity contribution in [2.45, 2.75) is 31.6 Å². The summed E-state index contributed by atoms with van der Waals surface area (Å²) in [5, 5.41) is 1.88. The highest BCUT2D eigenvalue weighted by Gasteiger charge is 2.27. The van der Waals surface area contributed by atoms with Crippen LogP contribution in [0.5, 0.6) is 0 Å². The van der Waals surface area contributed by atoms with Gasteiger partial charge in [-0.3, -0.25) is 4.79 Å². The standard InChI is InChI=1S/C29H29ClN2O/c30-24-12-10-23(11-13-24)26(27-20-31-28-9-5-4-8-25(27)28)19-29(33)32-16-14-22(15-17-32)18-21-6-2-1-3-7-21/h1-13,20,22,26,31H,14-19H2/t26-/m1/s1. The third kappa shape index (κ3) is 4.99. The minimum atomic E-state index is -0.00652. The van der Waals surface area contributed by atoms with Gasteiger partial charge in [0.15, 0.2) is 0 Å². The molecule has 0 unspecified atom stereocenters. The van der Waals surface area contributed by atoms with Crippen LogP contribution < -0.4 is 0 Å². The van der Waals surface area contributed by atoms with Crippen LogP contribution in [0.2, 0.25) is 5.02 Å². The Morgan fingerprint density at radius 3 is 2.39 bits per heavy atom. The summed E-state index contributed by atoms with van der Waals surface area (Å²) >= 11 is 6.15. The van der Waals surface area contributed by atoms with E-state index in [1.807, 2.05) is 30.3 Å². The number of H-pyrrole nitrogens is 1. The van der Waals surface area contributed by atoms with E-state index in [2.05, 4.69) is 64.6 Å². The minimum Gasteiger partial charge on any atom is -0.361 e. The van der Waals surface area contributed by atoms with Crippen LogP contribution in [0.15, 0.2) is 85.1 Å². The lowest BCUT2D eigenvalue weighted by Gasteiger charge is -2.33. The van der Waals surface area contributed by atoms with Gasteiger partial charge in [-0.1, -0.05) is 72.3 Å². The van der Waals surface area contributed by atoms with Crippen LogP contribution in [-0.2, 0) is 11.2 Å². The van der Waals surface area contributed by atoms with Gasteiger partial charge in [0, 0.05) is 47.6 Å². The Bertz CT molecular complexity index is 1210. The average molecular weight is 457 g/mol. The fraction of sp³-hybridized carbons (Fsp3) is 0.276. The Kier molecular flexibility index (Phi) is 6.50. The summed E-state index contributed by atoms with van der Waals surface area (Å²) in [5.74, 6) is 0.878. The number of likely N-dealkylation sites (tertiary alicyclic amines) is 1. The van der Waals surface area contributed by atoms with Gasteiger partial charge in [0.05, 0.1) is 0 Å². The molecule has 1 fully saturated rings. The molecule has 0 saturated carbocycles. The van der Waals surface area contributed by atoms with Gasteiger partial charge in [0.1, 0.15) is 0 Å².